The average molecular weight is 402 g/mol. The maximum absolute atomic E-state index is 13.1. The molecule has 0 spiro atoms. The van der Waals surface area contributed by atoms with Crippen molar-refractivity contribution in [2.75, 3.05) is 26.2 Å². The molecule has 30 heavy (non-hydrogen) atoms. The minimum Gasteiger partial charge on any atom is -0.395 e. The molecule has 3 N–H and O–H groups in total. The fraction of sp³-hybridized carbons (Fsp3) is 0.174. The van der Waals surface area contributed by atoms with Crippen LogP contribution in [-0.2, 0) is 0 Å². The normalized spacial score (nSPS) is 11.1. The molecule has 0 aliphatic heterocycles. The minimum atomic E-state index is -0.300. The average Bonchev–Trinajstić information content (AvgIpc) is 2.79. The summed E-state index contributed by atoms with van der Waals surface area (Å²) in [5.74, 6) is -0.300. The van der Waals surface area contributed by atoms with E-state index in [1.807, 2.05) is 48.5 Å². The van der Waals surface area contributed by atoms with Gasteiger partial charge in [0.1, 0.15) is 0 Å². The molecule has 4 rings (SSSR count). The second-order valence-electron chi connectivity index (χ2n) is 6.86. The van der Waals surface area contributed by atoms with Gasteiger partial charge in [0, 0.05) is 25.8 Å². The van der Waals surface area contributed by atoms with Crippen LogP contribution in [0.15, 0.2) is 71.7 Å². The van der Waals surface area contributed by atoms with Crippen molar-refractivity contribution in [3.8, 4) is 11.1 Å². The highest BCUT2D eigenvalue weighted by atomic mass is 16.3. The molecule has 0 aliphatic rings. The van der Waals surface area contributed by atoms with Gasteiger partial charge in [0.2, 0.25) is 0 Å². The van der Waals surface area contributed by atoms with E-state index in [9.17, 15) is 9.59 Å². The molecule has 0 radical (unpaired) electrons. The molecule has 0 unspecified atom stereocenters. The Labute approximate surface area is 173 Å². The number of nitrogens with zero attached hydrogens (tertiary/aromatic N) is 2. The number of pyridine rings is 1. The molecule has 1 amide bonds. The topological polar surface area (TPSA) is 95.7 Å². The molecule has 0 saturated carbocycles. The van der Waals surface area contributed by atoms with Crippen molar-refractivity contribution in [2.24, 2.45) is 0 Å². The van der Waals surface area contributed by atoms with E-state index in [1.165, 1.54) is 4.40 Å². The molecule has 0 aliphatic carbocycles. The standard InChI is InChI=1S/C23H22N4O3/c28-14-12-24-10-11-25-22(29)18-7-4-13-27-21(18)26-20-9-8-17(15-19(20)23(27)30)16-5-2-1-3-6-16/h1-9,13,15,24,28H,10-12,14H2,(H,25,29). The molecular weight excluding hydrogens is 380 g/mol. The van der Waals surface area contributed by atoms with Gasteiger partial charge in [-0.25, -0.2) is 4.98 Å². The summed E-state index contributed by atoms with van der Waals surface area (Å²) in [5.41, 5.74) is 2.95. The Kier molecular flexibility index (Phi) is 5.83. The molecule has 152 valence electrons. The monoisotopic (exact) mass is 402 g/mol. The molecule has 0 saturated heterocycles. The largest absolute Gasteiger partial charge is 0.395 e. The summed E-state index contributed by atoms with van der Waals surface area (Å²) >= 11 is 0. The summed E-state index contributed by atoms with van der Waals surface area (Å²) in [6.07, 6.45) is 1.62. The van der Waals surface area contributed by atoms with Crippen molar-refractivity contribution in [3.63, 3.8) is 0 Å². The Morgan fingerprint density at radius 2 is 1.80 bits per heavy atom. The molecule has 0 fully saturated rings. The first-order valence-electron chi connectivity index (χ1n) is 9.79. The molecule has 0 bridgehead atoms. The Morgan fingerprint density at radius 1 is 0.967 bits per heavy atom. The first kappa shape index (κ1) is 19.8. The molecule has 7 nitrogen and oxygen atoms in total. The molecule has 7 heteroatoms. The number of nitrogens with one attached hydrogen (secondary N) is 2. The zero-order chi connectivity index (χ0) is 20.9. The van der Waals surface area contributed by atoms with Gasteiger partial charge in [-0.15, -0.1) is 0 Å². The van der Waals surface area contributed by atoms with Gasteiger partial charge in [-0.2, -0.15) is 0 Å². The highest BCUT2D eigenvalue weighted by Crippen LogP contribution is 2.22. The summed E-state index contributed by atoms with van der Waals surface area (Å²) < 4.78 is 1.41. The number of hydrogen-bond donors (Lipinski definition) is 3. The quantitative estimate of drug-likeness (QED) is 0.324. The molecule has 2 aromatic heterocycles. The molecular formula is C23H22N4O3. The number of amides is 1. The van der Waals surface area contributed by atoms with E-state index in [-0.39, 0.29) is 18.1 Å². The highest BCUT2D eigenvalue weighted by Gasteiger charge is 2.14. The molecule has 2 heterocycles. The van der Waals surface area contributed by atoms with Crippen LogP contribution >= 0.6 is 0 Å². The van der Waals surface area contributed by atoms with Crippen molar-refractivity contribution in [1.82, 2.24) is 20.0 Å². The van der Waals surface area contributed by atoms with E-state index in [2.05, 4.69) is 15.6 Å². The molecule has 2 aromatic carbocycles. The summed E-state index contributed by atoms with van der Waals surface area (Å²) in [5, 5.41) is 15.1. The van der Waals surface area contributed by atoms with E-state index in [0.29, 0.717) is 41.7 Å². The van der Waals surface area contributed by atoms with Crippen molar-refractivity contribution in [1.29, 1.82) is 0 Å². The summed E-state index contributed by atoms with van der Waals surface area (Å²) in [7, 11) is 0. The predicted octanol–water partition coefficient (Wildman–Crippen LogP) is 1.83. The fourth-order valence-electron chi connectivity index (χ4n) is 3.38. The lowest BCUT2D eigenvalue weighted by Crippen LogP contribution is -2.33. The van der Waals surface area contributed by atoms with Crippen molar-refractivity contribution < 1.29 is 9.90 Å². The van der Waals surface area contributed by atoms with E-state index in [4.69, 9.17) is 5.11 Å². The smallest absolute Gasteiger partial charge is 0.265 e. The van der Waals surface area contributed by atoms with Crippen LogP contribution in [0.25, 0.3) is 27.7 Å². The van der Waals surface area contributed by atoms with Gasteiger partial charge in [-0.05, 0) is 35.4 Å². The number of aliphatic hydroxyl groups excluding tert-OH is 1. The lowest BCUT2D eigenvalue weighted by atomic mass is 10.0. The number of aromatic nitrogens is 2. The van der Waals surface area contributed by atoms with Gasteiger partial charge < -0.3 is 15.7 Å². The van der Waals surface area contributed by atoms with Gasteiger partial charge in [-0.3, -0.25) is 14.0 Å². The maximum Gasteiger partial charge on any atom is 0.265 e. The van der Waals surface area contributed by atoms with Gasteiger partial charge >= 0.3 is 0 Å². The van der Waals surface area contributed by atoms with Crippen LogP contribution < -0.4 is 16.2 Å². The highest BCUT2D eigenvalue weighted by molar-refractivity contribution is 6.00. The Hall–Kier alpha value is -3.55. The third kappa shape index (κ3) is 3.94. The third-order valence-electron chi connectivity index (χ3n) is 4.87. The van der Waals surface area contributed by atoms with Gasteiger partial charge in [0.25, 0.3) is 11.5 Å². The lowest BCUT2D eigenvalue weighted by molar-refractivity contribution is 0.0955. The van der Waals surface area contributed by atoms with Crippen molar-refractivity contribution >= 4 is 22.5 Å². The first-order valence-corrected chi connectivity index (χ1v) is 9.79. The summed E-state index contributed by atoms with van der Waals surface area (Å²) in [6.45, 7) is 1.45. The molecule has 0 atom stereocenters. The van der Waals surface area contributed by atoms with Crippen LogP contribution in [-0.4, -0.2) is 46.6 Å². The third-order valence-corrected chi connectivity index (χ3v) is 4.87. The molecule has 4 aromatic rings. The second-order valence-corrected chi connectivity index (χ2v) is 6.86. The van der Waals surface area contributed by atoms with Crippen LogP contribution in [0.1, 0.15) is 10.4 Å². The van der Waals surface area contributed by atoms with E-state index in [1.54, 1.807) is 18.3 Å². The minimum absolute atomic E-state index is 0.0448. The number of rotatable bonds is 7. The van der Waals surface area contributed by atoms with Crippen LogP contribution in [0.3, 0.4) is 0 Å². The van der Waals surface area contributed by atoms with Crippen LogP contribution in [0.4, 0.5) is 0 Å². The van der Waals surface area contributed by atoms with Gasteiger partial charge in [-0.1, -0.05) is 36.4 Å². The van der Waals surface area contributed by atoms with Gasteiger partial charge in [0.05, 0.1) is 23.1 Å². The maximum atomic E-state index is 13.1. The van der Waals surface area contributed by atoms with Crippen molar-refractivity contribution in [2.45, 2.75) is 0 Å². The van der Waals surface area contributed by atoms with Crippen LogP contribution in [0, 0.1) is 0 Å². The lowest BCUT2D eigenvalue weighted by Gasteiger charge is -2.10. The van der Waals surface area contributed by atoms with E-state index < -0.39 is 0 Å². The summed E-state index contributed by atoms with van der Waals surface area (Å²) in [6, 6.07) is 18.7. The van der Waals surface area contributed by atoms with E-state index in [0.717, 1.165) is 11.1 Å². The fourth-order valence-corrected chi connectivity index (χ4v) is 3.38. The number of aliphatic hydroxyl groups is 1. The van der Waals surface area contributed by atoms with Crippen LogP contribution in [0.2, 0.25) is 0 Å². The number of hydrogen-bond acceptors (Lipinski definition) is 5. The van der Waals surface area contributed by atoms with E-state index >= 15 is 0 Å². The number of fused-ring (bicyclic) bond motifs is 2. The Morgan fingerprint density at radius 3 is 2.60 bits per heavy atom. The zero-order valence-corrected chi connectivity index (χ0v) is 16.3. The predicted molar refractivity (Wildman–Crippen MR) is 117 cm³/mol. The second kappa shape index (κ2) is 8.86. The van der Waals surface area contributed by atoms with Crippen molar-refractivity contribution in [3.05, 3.63) is 82.8 Å². The number of carbonyl (C=O) groups excluding carboxylic acids is 1. The van der Waals surface area contributed by atoms with Gasteiger partial charge in [0.15, 0.2) is 5.65 Å². The summed E-state index contributed by atoms with van der Waals surface area (Å²) in [4.78, 5) is 30.4. The Balaban J connectivity index is 1.71. The first-order chi connectivity index (χ1) is 14.7. The Bertz CT molecular complexity index is 1250. The number of carbonyl (C=O) groups is 1. The zero-order valence-electron chi connectivity index (χ0n) is 16.3. The SMILES string of the molecule is O=C(NCCNCCO)c1cccn2c(=O)c3cc(-c4ccccc4)ccc3nc12. The van der Waals surface area contributed by atoms with Crippen LogP contribution in [0.5, 0.6) is 0 Å². The number of benzene rings is 2.